The fourth-order valence-corrected chi connectivity index (χ4v) is 1.44. The number of carbonyl (C=O) groups is 1. The molecule has 1 amide bonds. The molecule has 0 aliphatic carbocycles. The van der Waals surface area contributed by atoms with E-state index in [1.165, 1.54) is 4.90 Å². The van der Waals surface area contributed by atoms with Crippen LogP contribution in [0, 0.1) is 0 Å². The molecule has 1 aromatic rings. The van der Waals surface area contributed by atoms with E-state index in [9.17, 15) is 4.79 Å². The maximum atomic E-state index is 11.8. The number of amides is 1. The summed E-state index contributed by atoms with van der Waals surface area (Å²) in [5.41, 5.74) is 1.40. The van der Waals surface area contributed by atoms with Crippen LogP contribution < -0.4 is 5.32 Å². The third-order valence-corrected chi connectivity index (χ3v) is 2.75. The van der Waals surface area contributed by atoms with E-state index < -0.39 is 0 Å². The van der Waals surface area contributed by atoms with Crippen LogP contribution in [-0.4, -0.2) is 61.5 Å². The van der Waals surface area contributed by atoms with E-state index in [-0.39, 0.29) is 5.91 Å². The van der Waals surface area contributed by atoms with Crippen molar-refractivity contribution in [3.63, 3.8) is 0 Å². The quantitative estimate of drug-likeness (QED) is 0.822. The summed E-state index contributed by atoms with van der Waals surface area (Å²) in [5, 5.41) is 3.29. The summed E-state index contributed by atoms with van der Waals surface area (Å²) in [5.74, 6) is -0.0793. The number of nitrogens with zero attached hydrogens (tertiary/aromatic N) is 3. The molecule has 0 saturated heterocycles. The molecule has 0 spiro atoms. The number of anilines is 1. The zero-order valence-corrected chi connectivity index (χ0v) is 11.6. The van der Waals surface area contributed by atoms with Crippen molar-refractivity contribution in [2.24, 2.45) is 0 Å². The minimum absolute atomic E-state index is 0.0793. The number of likely N-dealkylation sites (N-methyl/N-ethyl adjacent to an activating group) is 1. The van der Waals surface area contributed by atoms with Gasteiger partial charge in [0.2, 0.25) is 0 Å². The standard InChI is InChI=1S/C13H22N4O/c1-5-17(4)9-8-14-11-6-7-15-12(10-11)13(18)16(2)3/h6-7,10H,5,8-9H2,1-4H3,(H,14,15). The van der Waals surface area contributed by atoms with Gasteiger partial charge in [0.25, 0.3) is 5.91 Å². The van der Waals surface area contributed by atoms with Crippen LogP contribution in [0.1, 0.15) is 17.4 Å². The second-order valence-electron chi connectivity index (χ2n) is 4.45. The molecule has 0 aliphatic heterocycles. The first-order valence-electron chi connectivity index (χ1n) is 6.14. The van der Waals surface area contributed by atoms with E-state index in [0.29, 0.717) is 5.69 Å². The van der Waals surface area contributed by atoms with E-state index in [1.54, 1.807) is 26.4 Å². The molecule has 5 nitrogen and oxygen atoms in total. The fourth-order valence-electron chi connectivity index (χ4n) is 1.44. The van der Waals surface area contributed by atoms with Gasteiger partial charge in [-0.2, -0.15) is 0 Å². The molecule has 5 heteroatoms. The Labute approximate surface area is 109 Å². The smallest absolute Gasteiger partial charge is 0.272 e. The van der Waals surface area contributed by atoms with E-state index >= 15 is 0 Å². The van der Waals surface area contributed by atoms with Gasteiger partial charge in [-0.3, -0.25) is 9.78 Å². The second kappa shape index (κ2) is 6.96. The topological polar surface area (TPSA) is 48.5 Å². The maximum absolute atomic E-state index is 11.8. The molecule has 0 unspecified atom stereocenters. The number of aromatic nitrogens is 1. The average Bonchev–Trinajstić information content (AvgIpc) is 2.37. The summed E-state index contributed by atoms with van der Waals surface area (Å²) >= 11 is 0. The highest BCUT2D eigenvalue weighted by Gasteiger charge is 2.09. The Morgan fingerprint density at radius 1 is 1.39 bits per heavy atom. The molecule has 0 radical (unpaired) electrons. The molecule has 18 heavy (non-hydrogen) atoms. The molecule has 0 bridgehead atoms. The second-order valence-corrected chi connectivity index (χ2v) is 4.45. The van der Waals surface area contributed by atoms with Crippen LogP contribution in [0.2, 0.25) is 0 Å². The average molecular weight is 250 g/mol. The summed E-state index contributed by atoms with van der Waals surface area (Å²) in [6.45, 7) is 4.97. The molecule has 0 atom stereocenters. The van der Waals surface area contributed by atoms with Crippen LogP contribution >= 0.6 is 0 Å². The Hall–Kier alpha value is -1.62. The van der Waals surface area contributed by atoms with Crippen LogP contribution in [0.25, 0.3) is 0 Å². The summed E-state index contributed by atoms with van der Waals surface area (Å²) in [6, 6.07) is 3.66. The molecule has 1 N–H and O–H groups in total. The molecule has 0 saturated carbocycles. The molecular weight excluding hydrogens is 228 g/mol. The molecule has 100 valence electrons. The highest BCUT2D eigenvalue weighted by Crippen LogP contribution is 2.08. The van der Waals surface area contributed by atoms with Gasteiger partial charge in [0.15, 0.2) is 0 Å². The maximum Gasteiger partial charge on any atom is 0.272 e. The van der Waals surface area contributed by atoms with Crippen molar-refractivity contribution >= 4 is 11.6 Å². The largest absolute Gasteiger partial charge is 0.384 e. The van der Waals surface area contributed by atoms with Gasteiger partial charge in [-0.1, -0.05) is 6.92 Å². The Morgan fingerprint density at radius 2 is 2.11 bits per heavy atom. The van der Waals surface area contributed by atoms with Crippen molar-refractivity contribution in [2.45, 2.75) is 6.92 Å². The Balaban J connectivity index is 2.57. The lowest BCUT2D eigenvalue weighted by atomic mass is 10.3. The lowest BCUT2D eigenvalue weighted by Gasteiger charge is -2.15. The van der Waals surface area contributed by atoms with Gasteiger partial charge < -0.3 is 15.1 Å². The van der Waals surface area contributed by atoms with Gasteiger partial charge in [0.05, 0.1) is 0 Å². The van der Waals surface area contributed by atoms with Crippen LogP contribution in [0.3, 0.4) is 0 Å². The molecule has 0 aliphatic rings. The zero-order chi connectivity index (χ0) is 13.5. The molecule has 1 rings (SSSR count). The Bertz CT molecular complexity index is 392. The highest BCUT2D eigenvalue weighted by atomic mass is 16.2. The highest BCUT2D eigenvalue weighted by molar-refractivity contribution is 5.92. The van der Waals surface area contributed by atoms with E-state index in [2.05, 4.69) is 29.2 Å². The van der Waals surface area contributed by atoms with Crippen molar-refractivity contribution in [1.82, 2.24) is 14.8 Å². The Morgan fingerprint density at radius 3 is 2.72 bits per heavy atom. The van der Waals surface area contributed by atoms with E-state index in [1.807, 2.05) is 6.07 Å². The lowest BCUT2D eigenvalue weighted by molar-refractivity contribution is 0.0822. The van der Waals surface area contributed by atoms with Crippen molar-refractivity contribution in [1.29, 1.82) is 0 Å². The Kier molecular flexibility index (Phi) is 5.58. The van der Waals surface area contributed by atoms with Gasteiger partial charge in [-0.05, 0) is 25.7 Å². The minimum Gasteiger partial charge on any atom is -0.384 e. The first-order chi connectivity index (χ1) is 8.54. The summed E-state index contributed by atoms with van der Waals surface area (Å²) < 4.78 is 0. The fraction of sp³-hybridized carbons (Fsp3) is 0.538. The number of hydrogen-bond donors (Lipinski definition) is 1. The predicted octanol–water partition coefficient (Wildman–Crippen LogP) is 1.15. The monoisotopic (exact) mass is 250 g/mol. The van der Waals surface area contributed by atoms with Gasteiger partial charge in [0.1, 0.15) is 5.69 Å². The van der Waals surface area contributed by atoms with Crippen LogP contribution in [0.5, 0.6) is 0 Å². The van der Waals surface area contributed by atoms with Gasteiger partial charge in [-0.15, -0.1) is 0 Å². The summed E-state index contributed by atoms with van der Waals surface area (Å²) in [4.78, 5) is 19.6. The number of hydrogen-bond acceptors (Lipinski definition) is 4. The van der Waals surface area contributed by atoms with Crippen molar-refractivity contribution in [3.05, 3.63) is 24.0 Å². The van der Waals surface area contributed by atoms with Crippen molar-refractivity contribution < 1.29 is 4.79 Å². The van der Waals surface area contributed by atoms with Crippen LogP contribution in [0.15, 0.2) is 18.3 Å². The van der Waals surface area contributed by atoms with Crippen LogP contribution in [0.4, 0.5) is 5.69 Å². The van der Waals surface area contributed by atoms with E-state index in [0.717, 1.165) is 25.3 Å². The number of rotatable bonds is 6. The van der Waals surface area contributed by atoms with Crippen LogP contribution in [-0.2, 0) is 0 Å². The summed E-state index contributed by atoms with van der Waals surface area (Å²) in [7, 11) is 5.52. The minimum atomic E-state index is -0.0793. The summed E-state index contributed by atoms with van der Waals surface area (Å²) in [6.07, 6.45) is 1.66. The van der Waals surface area contributed by atoms with Gasteiger partial charge >= 0.3 is 0 Å². The van der Waals surface area contributed by atoms with E-state index in [4.69, 9.17) is 0 Å². The third-order valence-electron chi connectivity index (χ3n) is 2.75. The van der Waals surface area contributed by atoms with Crippen molar-refractivity contribution in [2.75, 3.05) is 46.1 Å². The zero-order valence-electron chi connectivity index (χ0n) is 11.6. The molecular formula is C13H22N4O. The lowest BCUT2D eigenvalue weighted by Crippen LogP contribution is -2.25. The predicted molar refractivity (Wildman–Crippen MR) is 73.9 cm³/mol. The SMILES string of the molecule is CCN(C)CCNc1ccnc(C(=O)N(C)C)c1. The molecule has 0 fully saturated rings. The van der Waals surface area contributed by atoms with Gasteiger partial charge in [-0.25, -0.2) is 0 Å². The third kappa shape index (κ3) is 4.33. The normalized spacial score (nSPS) is 10.5. The molecule has 0 aromatic carbocycles. The number of nitrogens with one attached hydrogen (secondary N) is 1. The van der Waals surface area contributed by atoms with Crippen molar-refractivity contribution in [3.8, 4) is 0 Å². The molecule has 1 aromatic heterocycles. The number of pyridine rings is 1. The first-order valence-corrected chi connectivity index (χ1v) is 6.14. The molecule has 1 heterocycles. The number of carbonyl (C=O) groups excluding carboxylic acids is 1. The first kappa shape index (κ1) is 14.4. The van der Waals surface area contributed by atoms with Gasteiger partial charge in [0, 0.05) is 39.1 Å².